The molecule has 0 unspecified atom stereocenters. The predicted octanol–water partition coefficient (Wildman–Crippen LogP) is 4.05. The molecule has 0 amide bonds. The zero-order valence-electron chi connectivity index (χ0n) is 14.0. The van der Waals surface area contributed by atoms with Gasteiger partial charge in [-0.3, -0.25) is 5.10 Å². The molecule has 0 aliphatic carbocycles. The fourth-order valence-electron chi connectivity index (χ4n) is 2.25. The zero-order valence-corrected chi connectivity index (χ0v) is 14.8. The fraction of sp³-hybridized carbons (Fsp3) is 0.412. The number of hydrogen-bond acceptors (Lipinski definition) is 6. The number of nitrogens with zero attached hydrogens (tertiary/aromatic N) is 4. The van der Waals surface area contributed by atoms with Gasteiger partial charge >= 0.3 is 0 Å². The lowest BCUT2D eigenvalue weighted by molar-refractivity contribution is 0.384. The molecule has 0 aliphatic rings. The molecule has 0 fully saturated rings. The molecule has 6 nitrogen and oxygen atoms in total. The lowest BCUT2D eigenvalue weighted by Gasteiger charge is -1.98. The van der Waals surface area contributed by atoms with Crippen molar-refractivity contribution < 1.29 is 4.52 Å². The van der Waals surface area contributed by atoms with Gasteiger partial charge in [0.25, 0.3) is 0 Å². The van der Waals surface area contributed by atoms with Gasteiger partial charge in [0, 0.05) is 12.0 Å². The fourth-order valence-corrected chi connectivity index (χ4v) is 2.89. The summed E-state index contributed by atoms with van der Waals surface area (Å²) in [7, 11) is 0. The minimum Gasteiger partial charge on any atom is -0.338 e. The summed E-state index contributed by atoms with van der Waals surface area (Å²) in [4.78, 5) is 8.90. The van der Waals surface area contributed by atoms with Crippen LogP contribution in [0.1, 0.15) is 44.0 Å². The molecule has 3 rings (SSSR count). The second-order valence-corrected chi connectivity index (χ2v) is 6.46. The van der Waals surface area contributed by atoms with Crippen LogP contribution in [-0.2, 0) is 18.6 Å². The molecule has 7 heteroatoms. The summed E-state index contributed by atoms with van der Waals surface area (Å²) in [5, 5.41) is 11.9. The van der Waals surface area contributed by atoms with Crippen LogP contribution >= 0.6 is 11.8 Å². The highest BCUT2D eigenvalue weighted by Gasteiger charge is 2.10. The molecule has 0 aliphatic heterocycles. The minimum atomic E-state index is 0.575. The van der Waals surface area contributed by atoms with E-state index < -0.39 is 0 Å². The smallest absolute Gasteiger partial charge is 0.237 e. The summed E-state index contributed by atoms with van der Waals surface area (Å²) < 4.78 is 5.25. The quantitative estimate of drug-likeness (QED) is 0.621. The van der Waals surface area contributed by atoms with Crippen molar-refractivity contribution in [3.05, 3.63) is 41.5 Å². The normalized spacial score (nSPS) is 11.1. The van der Waals surface area contributed by atoms with E-state index in [4.69, 9.17) is 4.52 Å². The minimum absolute atomic E-state index is 0.575. The van der Waals surface area contributed by atoms with Crippen LogP contribution in [-0.4, -0.2) is 25.3 Å². The molecule has 3 aromatic rings. The van der Waals surface area contributed by atoms with Gasteiger partial charge in [0.15, 0.2) is 11.6 Å². The topological polar surface area (TPSA) is 80.5 Å². The van der Waals surface area contributed by atoms with Crippen LogP contribution < -0.4 is 0 Å². The third-order valence-electron chi connectivity index (χ3n) is 3.69. The number of aromatic nitrogens is 5. The Bertz CT molecular complexity index is 765. The highest BCUT2D eigenvalue weighted by molar-refractivity contribution is 7.98. The van der Waals surface area contributed by atoms with Gasteiger partial charge in [0.1, 0.15) is 0 Å². The molecular formula is C17H21N5OS. The Hall–Kier alpha value is -2.15. The van der Waals surface area contributed by atoms with Crippen LogP contribution in [0, 0.1) is 0 Å². The molecule has 0 radical (unpaired) electrons. The Labute approximate surface area is 145 Å². The van der Waals surface area contributed by atoms with Crippen LogP contribution in [0.15, 0.2) is 33.9 Å². The lowest BCUT2D eigenvalue weighted by Crippen LogP contribution is -1.88. The first-order valence-corrected chi connectivity index (χ1v) is 9.23. The second kappa shape index (κ2) is 8.10. The summed E-state index contributed by atoms with van der Waals surface area (Å²) >= 11 is 1.48. The predicted molar refractivity (Wildman–Crippen MR) is 93.7 cm³/mol. The van der Waals surface area contributed by atoms with Crippen LogP contribution in [0.3, 0.4) is 0 Å². The summed E-state index contributed by atoms with van der Waals surface area (Å²) in [5.41, 5.74) is 2.34. The lowest BCUT2D eigenvalue weighted by atomic mass is 10.1. The number of unbranched alkanes of at least 4 members (excludes halogenated alkanes) is 1. The Kier molecular flexibility index (Phi) is 5.63. The van der Waals surface area contributed by atoms with Gasteiger partial charge in [0.2, 0.25) is 11.0 Å². The SMILES string of the molecule is CCCCc1noc(CSc2n[nH]c(-c3ccc(CC)cc3)n2)n1. The largest absolute Gasteiger partial charge is 0.338 e. The van der Waals surface area contributed by atoms with E-state index in [1.807, 2.05) is 0 Å². The Morgan fingerprint density at radius 2 is 1.96 bits per heavy atom. The maximum Gasteiger partial charge on any atom is 0.237 e. The van der Waals surface area contributed by atoms with Crippen molar-refractivity contribution in [3.63, 3.8) is 0 Å². The number of benzene rings is 1. The molecule has 1 N–H and O–H groups in total. The molecule has 24 heavy (non-hydrogen) atoms. The van der Waals surface area contributed by atoms with Gasteiger partial charge < -0.3 is 4.52 Å². The number of hydrogen-bond donors (Lipinski definition) is 1. The average Bonchev–Trinajstić information content (AvgIpc) is 3.27. The molecule has 0 saturated heterocycles. The third kappa shape index (κ3) is 4.23. The maximum atomic E-state index is 5.25. The van der Waals surface area contributed by atoms with Gasteiger partial charge in [-0.1, -0.05) is 61.5 Å². The third-order valence-corrected chi connectivity index (χ3v) is 4.52. The van der Waals surface area contributed by atoms with E-state index >= 15 is 0 Å². The first kappa shape index (κ1) is 16.7. The van der Waals surface area contributed by atoms with Crippen molar-refractivity contribution in [3.8, 4) is 11.4 Å². The van der Waals surface area contributed by atoms with E-state index in [2.05, 4.69) is 63.4 Å². The van der Waals surface area contributed by atoms with E-state index in [9.17, 15) is 0 Å². The van der Waals surface area contributed by atoms with Crippen LogP contribution in [0.5, 0.6) is 0 Å². The summed E-state index contributed by atoms with van der Waals surface area (Å²) in [6, 6.07) is 8.35. The van der Waals surface area contributed by atoms with E-state index in [1.54, 1.807) is 0 Å². The highest BCUT2D eigenvalue weighted by atomic mass is 32.2. The van der Waals surface area contributed by atoms with Gasteiger partial charge in [-0.25, -0.2) is 4.98 Å². The molecule has 1 aromatic carbocycles. The molecule has 2 heterocycles. The van der Waals surface area contributed by atoms with E-state index in [0.29, 0.717) is 16.8 Å². The van der Waals surface area contributed by atoms with E-state index in [1.165, 1.54) is 17.3 Å². The van der Waals surface area contributed by atoms with Crippen LogP contribution in [0.4, 0.5) is 0 Å². The first-order valence-electron chi connectivity index (χ1n) is 8.24. The van der Waals surface area contributed by atoms with Gasteiger partial charge in [-0.15, -0.1) is 5.10 Å². The molecule has 0 saturated carbocycles. The van der Waals surface area contributed by atoms with Crippen molar-refractivity contribution in [1.29, 1.82) is 0 Å². The average molecular weight is 343 g/mol. The number of thioether (sulfide) groups is 1. The second-order valence-electron chi connectivity index (χ2n) is 5.51. The van der Waals surface area contributed by atoms with Gasteiger partial charge in [0.05, 0.1) is 5.75 Å². The van der Waals surface area contributed by atoms with Crippen molar-refractivity contribution in [1.82, 2.24) is 25.3 Å². The van der Waals surface area contributed by atoms with E-state index in [-0.39, 0.29) is 0 Å². The van der Waals surface area contributed by atoms with Gasteiger partial charge in [-0.05, 0) is 18.4 Å². The van der Waals surface area contributed by atoms with Gasteiger partial charge in [-0.2, -0.15) is 4.98 Å². The van der Waals surface area contributed by atoms with Crippen molar-refractivity contribution in [2.75, 3.05) is 0 Å². The highest BCUT2D eigenvalue weighted by Crippen LogP contribution is 2.22. The monoisotopic (exact) mass is 343 g/mol. The number of H-pyrrole nitrogens is 1. The number of rotatable bonds is 8. The Morgan fingerprint density at radius 3 is 2.71 bits per heavy atom. The number of aryl methyl sites for hydroxylation is 2. The molecular weight excluding hydrogens is 322 g/mol. The van der Waals surface area contributed by atoms with E-state index in [0.717, 1.165) is 42.9 Å². The van der Waals surface area contributed by atoms with Crippen LogP contribution in [0.2, 0.25) is 0 Å². The first-order chi connectivity index (χ1) is 11.8. The number of aromatic amines is 1. The Balaban J connectivity index is 1.58. The molecule has 0 bridgehead atoms. The standard InChI is InChI=1S/C17H21N5OS/c1-3-5-6-14-18-15(23-22-14)11-24-17-19-16(20-21-17)13-9-7-12(4-2)8-10-13/h7-10H,3-6,11H2,1-2H3,(H,19,20,21). The zero-order chi connectivity index (χ0) is 16.8. The molecule has 0 spiro atoms. The maximum absolute atomic E-state index is 5.25. The summed E-state index contributed by atoms with van der Waals surface area (Å²) in [6.45, 7) is 4.29. The van der Waals surface area contributed by atoms with Crippen molar-refractivity contribution in [2.24, 2.45) is 0 Å². The number of nitrogens with one attached hydrogen (secondary N) is 1. The van der Waals surface area contributed by atoms with Crippen molar-refractivity contribution >= 4 is 11.8 Å². The van der Waals surface area contributed by atoms with Crippen molar-refractivity contribution in [2.45, 2.75) is 50.4 Å². The Morgan fingerprint density at radius 1 is 1.12 bits per heavy atom. The summed E-state index contributed by atoms with van der Waals surface area (Å²) in [6.07, 6.45) is 4.09. The summed E-state index contributed by atoms with van der Waals surface area (Å²) in [5.74, 6) is 2.74. The van der Waals surface area contributed by atoms with Crippen LogP contribution in [0.25, 0.3) is 11.4 Å². The molecule has 0 atom stereocenters. The molecule has 2 aromatic heterocycles. The molecule has 126 valence electrons.